The van der Waals surface area contributed by atoms with Gasteiger partial charge in [-0.1, -0.05) is 20.8 Å². The fourth-order valence-electron chi connectivity index (χ4n) is 1.80. The quantitative estimate of drug-likeness (QED) is 0.903. The van der Waals surface area contributed by atoms with E-state index >= 15 is 0 Å². The molecule has 5 nitrogen and oxygen atoms in total. The van der Waals surface area contributed by atoms with Crippen molar-refractivity contribution in [3.8, 4) is 0 Å². The molecule has 0 aromatic carbocycles. The van der Waals surface area contributed by atoms with Crippen LogP contribution in [0.2, 0.25) is 0 Å². The Morgan fingerprint density at radius 2 is 2.15 bits per heavy atom. The number of anilines is 1. The van der Waals surface area contributed by atoms with Gasteiger partial charge in [-0.05, 0) is 34.3 Å². The monoisotopic (exact) mass is 338 g/mol. The first-order chi connectivity index (χ1) is 9.20. The minimum absolute atomic E-state index is 0.0546. The first kappa shape index (κ1) is 14.8. The highest BCUT2D eigenvalue weighted by atomic mass is 79.9. The molecular formula is C14H19BrN4O. The maximum absolute atomic E-state index is 11.6. The van der Waals surface area contributed by atoms with E-state index in [0.717, 1.165) is 15.7 Å². The lowest BCUT2D eigenvalue weighted by atomic mass is 9.88. The number of nitrogens with two attached hydrogens (primary N) is 1. The Balaban J connectivity index is 2.58. The molecule has 1 amide bonds. The normalized spacial score (nSPS) is 13.4. The van der Waals surface area contributed by atoms with Crippen LogP contribution in [-0.4, -0.2) is 21.6 Å². The highest BCUT2D eigenvalue weighted by Gasteiger charge is 2.23. The maximum Gasteiger partial charge on any atom is 0.252 e. The molecular weight excluding hydrogens is 320 g/mol. The van der Waals surface area contributed by atoms with E-state index in [-0.39, 0.29) is 11.5 Å². The van der Waals surface area contributed by atoms with Crippen molar-refractivity contribution in [2.24, 2.45) is 11.1 Å². The average Bonchev–Trinajstić information content (AvgIpc) is 2.68. The summed E-state index contributed by atoms with van der Waals surface area (Å²) in [6.07, 6.45) is 3.34. The van der Waals surface area contributed by atoms with Crippen molar-refractivity contribution in [2.45, 2.75) is 33.7 Å². The van der Waals surface area contributed by atoms with E-state index < -0.39 is 5.91 Å². The van der Waals surface area contributed by atoms with E-state index in [4.69, 9.17) is 5.73 Å². The summed E-state index contributed by atoms with van der Waals surface area (Å²) in [5.74, 6) is -0.485. The fraction of sp³-hybridized carbons (Fsp3) is 0.429. The molecule has 2 aromatic rings. The summed E-state index contributed by atoms with van der Waals surface area (Å²) < 4.78 is 2.62. The Morgan fingerprint density at radius 3 is 2.70 bits per heavy atom. The molecule has 2 aromatic heterocycles. The summed E-state index contributed by atoms with van der Waals surface area (Å²) in [6.45, 7) is 8.50. The van der Waals surface area contributed by atoms with Crippen molar-refractivity contribution >= 4 is 33.0 Å². The first-order valence-corrected chi connectivity index (χ1v) is 7.22. The second-order valence-corrected chi connectivity index (χ2v) is 6.93. The zero-order valence-corrected chi connectivity index (χ0v) is 13.7. The van der Waals surface area contributed by atoms with Crippen molar-refractivity contribution < 1.29 is 4.79 Å². The summed E-state index contributed by atoms with van der Waals surface area (Å²) >= 11 is 3.42. The van der Waals surface area contributed by atoms with Gasteiger partial charge in [0.25, 0.3) is 5.91 Å². The average molecular weight is 339 g/mol. The van der Waals surface area contributed by atoms with Gasteiger partial charge >= 0.3 is 0 Å². The number of carbonyl (C=O) groups excluding carboxylic acids is 1. The van der Waals surface area contributed by atoms with Crippen LogP contribution in [0.4, 0.5) is 5.69 Å². The van der Waals surface area contributed by atoms with Gasteiger partial charge in [-0.15, -0.1) is 0 Å². The topological polar surface area (TPSA) is 72.4 Å². The van der Waals surface area contributed by atoms with Crippen LogP contribution in [0.1, 0.15) is 38.1 Å². The van der Waals surface area contributed by atoms with Crippen LogP contribution in [0.5, 0.6) is 0 Å². The molecule has 3 N–H and O–H groups in total. The molecule has 2 heterocycles. The second kappa shape index (κ2) is 5.09. The van der Waals surface area contributed by atoms with Crippen molar-refractivity contribution in [3.63, 3.8) is 0 Å². The molecule has 0 fully saturated rings. The molecule has 108 valence electrons. The van der Waals surface area contributed by atoms with Gasteiger partial charge in [0.15, 0.2) is 0 Å². The van der Waals surface area contributed by atoms with E-state index in [9.17, 15) is 4.79 Å². The van der Waals surface area contributed by atoms with Crippen LogP contribution in [0.15, 0.2) is 22.9 Å². The van der Waals surface area contributed by atoms with Crippen LogP contribution >= 0.6 is 15.9 Å². The van der Waals surface area contributed by atoms with Gasteiger partial charge in [0, 0.05) is 16.7 Å². The number of rotatable bonds is 3. The predicted octanol–water partition coefficient (Wildman–Crippen LogP) is 3.04. The largest absolute Gasteiger partial charge is 0.380 e. The van der Waals surface area contributed by atoms with Crippen molar-refractivity contribution in [1.29, 1.82) is 0 Å². The van der Waals surface area contributed by atoms with Gasteiger partial charge in [-0.25, -0.2) is 4.52 Å². The van der Waals surface area contributed by atoms with Gasteiger partial charge in [0.05, 0.1) is 23.0 Å². The molecule has 0 aliphatic heterocycles. The summed E-state index contributed by atoms with van der Waals surface area (Å²) in [5.41, 5.74) is 7.46. The Kier molecular flexibility index (Phi) is 3.77. The lowest BCUT2D eigenvalue weighted by Gasteiger charge is -2.29. The van der Waals surface area contributed by atoms with Crippen LogP contribution in [0, 0.1) is 5.41 Å². The summed E-state index contributed by atoms with van der Waals surface area (Å²) in [7, 11) is 0. The number of aromatic nitrogens is 2. The molecule has 6 heteroatoms. The van der Waals surface area contributed by atoms with Crippen molar-refractivity contribution in [3.05, 3.63) is 28.5 Å². The fourth-order valence-corrected chi connectivity index (χ4v) is 2.21. The maximum atomic E-state index is 11.6. The molecule has 0 saturated heterocycles. The molecule has 0 spiro atoms. The zero-order chi connectivity index (χ0) is 15.1. The lowest BCUT2D eigenvalue weighted by molar-refractivity contribution is 0.100. The first-order valence-electron chi connectivity index (χ1n) is 6.43. The SMILES string of the molecule is CC(Nc1c(C(N)=O)cnn2cc(Br)cc12)C(C)(C)C. The Bertz CT molecular complexity index is 657. The van der Waals surface area contributed by atoms with Crippen molar-refractivity contribution in [2.75, 3.05) is 5.32 Å². The van der Waals surface area contributed by atoms with Gasteiger partial charge in [0.2, 0.25) is 0 Å². The van der Waals surface area contributed by atoms with Crippen molar-refractivity contribution in [1.82, 2.24) is 9.61 Å². The van der Waals surface area contributed by atoms with Gasteiger partial charge in [0.1, 0.15) is 0 Å². The van der Waals surface area contributed by atoms with Gasteiger partial charge < -0.3 is 11.1 Å². The predicted molar refractivity (Wildman–Crippen MR) is 83.9 cm³/mol. The molecule has 1 atom stereocenters. The molecule has 2 rings (SSSR count). The summed E-state index contributed by atoms with van der Waals surface area (Å²) in [5, 5.41) is 7.60. The molecule has 0 aliphatic carbocycles. The zero-order valence-electron chi connectivity index (χ0n) is 12.1. The van der Waals surface area contributed by atoms with Crippen LogP contribution in [-0.2, 0) is 0 Å². The second-order valence-electron chi connectivity index (χ2n) is 6.02. The number of fused-ring (bicyclic) bond motifs is 1. The van der Waals surface area contributed by atoms with Crippen LogP contribution in [0.25, 0.3) is 5.52 Å². The molecule has 0 bridgehead atoms. The van der Waals surface area contributed by atoms with E-state index in [1.165, 1.54) is 6.20 Å². The Hall–Kier alpha value is -1.56. The molecule has 0 radical (unpaired) electrons. The highest BCUT2D eigenvalue weighted by Crippen LogP contribution is 2.29. The number of halogens is 1. The van der Waals surface area contributed by atoms with E-state index in [1.54, 1.807) is 4.52 Å². The highest BCUT2D eigenvalue weighted by molar-refractivity contribution is 9.10. The number of hydrogen-bond donors (Lipinski definition) is 2. The number of nitrogens with zero attached hydrogens (tertiary/aromatic N) is 2. The number of hydrogen-bond acceptors (Lipinski definition) is 3. The Morgan fingerprint density at radius 1 is 1.50 bits per heavy atom. The number of amides is 1. The number of primary amides is 1. The molecule has 1 unspecified atom stereocenters. The van der Waals surface area contributed by atoms with Gasteiger partial charge in [-0.3, -0.25) is 4.79 Å². The third-order valence-electron chi connectivity index (χ3n) is 3.53. The van der Waals surface area contributed by atoms with Gasteiger partial charge in [-0.2, -0.15) is 5.10 Å². The molecule has 0 aliphatic rings. The molecule has 0 saturated carbocycles. The smallest absolute Gasteiger partial charge is 0.252 e. The third kappa shape index (κ3) is 2.80. The minimum atomic E-state index is -0.485. The van der Waals surface area contributed by atoms with E-state index in [2.05, 4.69) is 54.0 Å². The van der Waals surface area contributed by atoms with E-state index in [0.29, 0.717) is 5.56 Å². The third-order valence-corrected chi connectivity index (χ3v) is 3.96. The summed E-state index contributed by atoms with van der Waals surface area (Å²) in [6, 6.07) is 2.08. The number of nitrogens with one attached hydrogen (secondary N) is 1. The summed E-state index contributed by atoms with van der Waals surface area (Å²) in [4.78, 5) is 11.6. The van der Waals surface area contributed by atoms with E-state index in [1.807, 2.05) is 12.3 Å². The van der Waals surface area contributed by atoms with Crippen LogP contribution in [0.3, 0.4) is 0 Å². The molecule has 20 heavy (non-hydrogen) atoms. The van der Waals surface area contributed by atoms with Crippen LogP contribution < -0.4 is 11.1 Å². The minimum Gasteiger partial charge on any atom is -0.380 e. The number of carbonyl (C=O) groups is 1. The lowest BCUT2D eigenvalue weighted by Crippen LogP contribution is -2.32. The standard InChI is InChI=1S/C14H19BrN4O/c1-8(14(2,3)4)18-12-10(13(16)20)6-17-19-7-9(15)5-11(12)19/h5-8,18H,1-4H3,(H2,16,20). The Labute approximate surface area is 126 Å².